The summed E-state index contributed by atoms with van der Waals surface area (Å²) in [5.74, 6) is 0.613. The zero-order valence-corrected chi connectivity index (χ0v) is 19.7. The van der Waals surface area contributed by atoms with Gasteiger partial charge in [-0.3, -0.25) is 9.69 Å². The van der Waals surface area contributed by atoms with Gasteiger partial charge in [-0.1, -0.05) is 30.0 Å². The molecule has 6 nitrogen and oxygen atoms in total. The van der Waals surface area contributed by atoms with Crippen molar-refractivity contribution < 1.29 is 14.6 Å². The number of nitrogens with zero attached hydrogens (tertiary/aromatic N) is 3. The van der Waals surface area contributed by atoms with E-state index in [1.807, 2.05) is 19.1 Å². The topological polar surface area (TPSA) is 76.8 Å². The van der Waals surface area contributed by atoms with Crippen LogP contribution in [0.5, 0.6) is 11.5 Å². The molecule has 1 amide bonds. The Morgan fingerprint density at radius 1 is 1.35 bits per heavy atom. The molecule has 0 bridgehead atoms. The fourth-order valence-electron chi connectivity index (χ4n) is 3.98. The molecule has 2 heterocycles. The van der Waals surface area contributed by atoms with E-state index in [4.69, 9.17) is 4.74 Å². The van der Waals surface area contributed by atoms with Crippen LogP contribution in [0.4, 0.5) is 5.69 Å². The Morgan fingerprint density at radius 2 is 2.13 bits per heavy atom. The molecule has 2 aliphatic heterocycles. The Balaban J connectivity index is 1.70. The Morgan fingerprint density at radius 3 is 2.84 bits per heavy atom. The zero-order valence-electron chi connectivity index (χ0n) is 17.3. The first kappa shape index (κ1) is 21.6. The van der Waals surface area contributed by atoms with Crippen LogP contribution in [0.2, 0.25) is 0 Å². The van der Waals surface area contributed by atoms with Crippen molar-refractivity contribution in [3.05, 3.63) is 62.6 Å². The van der Waals surface area contributed by atoms with Gasteiger partial charge in [0.2, 0.25) is 5.91 Å². The Hall–Kier alpha value is -2.63. The highest BCUT2D eigenvalue weighted by molar-refractivity contribution is 9.10. The molecule has 1 atom stereocenters. The fraction of sp³-hybridized carbons (Fsp3) is 0.304. The van der Waals surface area contributed by atoms with Crippen molar-refractivity contribution in [1.29, 1.82) is 5.26 Å². The van der Waals surface area contributed by atoms with Gasteiger partial charge in [0.1, 0.15) is 0 Å². The molecule has 31 heavy (non-hydrogen) atoms. The summed E-state index contributed by atoms with van der Waals surface area (Å²) in [5, 5.41) is 21.0. The number of nitriles is 1. The number of carbonyl (C=O) groups excluding carboxylic acids is 1. The van der Waals surface area contributed by atoms with Gasteiger partial charge in [0.25, 0.3) is 0 Å². The predicted molar refractivity (Wildman–Crippen MR) is 125 cm³/mol. The van der Waals surface area contributed by atoms with Crippen LogP contribution in [0.1, 0.15) is 30.4 Å². The smallest absolute Gasteiger partial charge is 0.229 e. The van der Waals surface area contributed by atoms with Crippen molar-refractivity contribution >= 4 is 39.3 Å². The number of hydrogen-bond donors (Lipinski definition) is 1. The highest BCUT2D eigenvalue weighted by atomic mass is 79.9. The van der Waals surface area contributed by atoms with Crippen molar-refractivity contribution in [1.82, 2.24) is 4.90 Å². The van der Waals surface area contributed by atoms with E-state index in [0.29, 0.717) is 34.9 Å². The lowest BCUT2D eigenvalue weighted by Crippen LogP contribution is -2.47. The molecule has 0 spiro atoms. The molecule has 0 saturated carbocycles. The molecule has 2 aromatic carbocycles. The van der Waals surface area contributed by atoms with Gasteiger partial charge in [-0.05, 0) is 59.1 Å². The molecule has 4 rings (SSSR count). The lowest BCUT2D eigenvalue weighted by molar-refractivity contribution is -0.129. The van der Waals surface area contributed by atoms with Crippen LogP contribution >= 0.6 is 27.7 Å². The summed E-state index contributed by atoms with van der Waals surface area (Å²) in [7, 11) is 0. The van der Waals surface area contributed by atoms with Crippen LogP contribution in [0.3, 0.4) is 0 Å². The number of halogens is 1. The number of phenolic OH excluding ortho intramolecular Hbond substituents is 1. The van der Waals surface area contributed by atoms with E-state index in [-0.39, 0.29) is 24.0 Å². The first-order chi connectivity index (χ1) is 14.9. The number of carbonyl (C=O) groups is 1. The van der Waals surface area contributed by atoms with Crippen molar-refractivity contribution in [3.8, 4) is 17.6 Å². The number of ether oxygens (including phenoxy) is 1. The minimum absolute atomic E-state index is 0.0152. The summed E-state index contributed by atoms with van der Waals surface area (Å²) in [4.78, 5) is 17.0. The van der Waals surface area contributed by atoms with Crippen molar-refractivity contribution in [3.63, 3.8) is 0 Å². The highest BCUT2D eigenvalue weighted by Crippen LogP contribution is 2.46. The number of rotatable bonds is 4. The molecule has 0 radical (unpaired) electrons. The lowest BCUT2D eigenvalue weighted by Gasteiger charge is -2.42. The molecule has 1 fully saturated rings. The first-order valence-electron chi connectivity index (χ1n) is 9.97. The second-order valence-electron chi connectivity index (χ2n) is 7.43. The maximum Gasteiger partial charge on any atom is 0.229 e. The van der Waals surface area contributed by atoms with Crippen LogP contribution in [0.25, 0.3) is 0 Å². The largest absolute Gasteiger partial charge is 0.503 e. The molecule has 1 N–H and O–H groups in total. The van der Waals surface area contributed by atoms with Gasteiger partial charge in [-0.25, -0.2) is 0 Å². The van der Waals surface area contributed by atoms with E-state index < -0.39 is 0 Å². The van der Waals surface area contributed by atoms with Gasteiger partial charge >= 0.3 is 0 Å². The molecule has 2 aromatic rings. The van der Waals surface area contributed by atoms with Gasteiger partial charge < -0.3 is 14.7 Å². The second kappa shape index (κ2) is 8.85. The lowest BCUT2D eigenvalue weighted by atomic mass is 9.86. The monoisotopic (exact) mass is 499 g/mol. The van der Waals surface area contributed by atoms with Crippen LogP contribution in [0.15, 0.2) is 51.5 Å². The molecule has 1 unspecified atom stereocenters. The third kappa shape index (κ3) is 4.00. The number of aryl methyl sites for hydroxylation is 1. The SMILES string of the molecule is CCOc1cc(C2CC(=O)N3CN(c4ccccc4C)CSC3=C2C#N)cc(Br)c1O. The number of thioether (sulfide) groups is 1. The third-order valence-corrected chi connectivity index (χ3v) is 7.26. The summed E-state index contributed by atoms with van der Waals surface area (Å²) in [6, 6.07) is 13.9. The van der Waals surface area contributed by atoms with Gasteiger partial charge in [-0.2, -0.15) is 5.26 Å². The average Bonchev–Trinajstić information content (AvgIpc) is 2.77. The number of phenols is 1. The summed E-state index contributed by atoms with van der Waals surface area (Å²) in [6.45, 7) is 4.72. The third-order valence-electron chi connectivity index (χ3n) is 5.50. The van der Waals surface area contributed by atoms with Crippen LogP contribution in [-0.4, -0.2) is 35.1 Å². The number of hydrogen-bond acceptors (Lipinski definition) is 6. The number of anilines is 1. The van der Waals surface area contributed by atoms with Crippen molar-refractivity contribution in [2.45, 2.75) is 26.2 Å². The number of para-hydroxylation sites is 1. The Bertz CT molecular complexity index is 1110. The van der Waals surface area contributed by atoms with E-state index in [1.165, 1.54) is 11.8 Å². The molecule has 8 heteroatoms. The average molecular weight is 500 g/mol. The van der Waals surface area contributed by atoms with Gasteiger partial charge in [-0.15, -0.1) is 0 Å². The van der Waals surface area contributed by atoms with E-state index in [9.17, 15) is 15.2 Å². The number of amides is 1. The quantitative estimate of drug-likeness (QED) is 0.631. The van der Waals surface area contributed by atoms with E-state index in [2.05, 4.69) is 46.0 Å². The molecule has 0 aliphatic carbocycles. The summed E-state index contributed by atoms with van der Waals surface area (Å²) >= 11 is 4.87. The van der Waals surface area contributed by atoms with Gasteiger partial charge in [0, 0.05) is 18.0 Å². The highest BCUT2D eigenvalue weighted by Gasteiger charge is 2.39. The normalized spacial score (nSPS) is 18.6. The standard InChI is InChI=1S/C23H22BrN3O3S/c1-3-30-20-9-15(8-18(24)22(20)29)16-10-21(28)27-12-26(13-31-23(27)17(16)11-25)19-7-5-4-6-14(19)2/h4-9,16,29H,3,10,12-13H2,1-2H3. The maximum atomic E-state index is 13.1. The van der Waals surface area contributed by atoms with Crippen LogP contribution < -0.4 is 9.64 Å². The number of allylic oxidation sites excluding steroid dienone is 1. The Kier molecular flexibility index (Phi) is 6.17. The molecule has 2 aliphatic rings. The van der Waals surface area contributed by atoms with Crippen molar-refractivity contribution in [2.75, 3.05) is 24.1 Å². The number of benzene rings is 2. The van der Waals surface area contributed by atoms with Crippen LogP contribution in [-0.2, 0) is 4.79 Å². The minimum atomic E-state index is -0.377. The molecular formula is C23H22BrN3O3S. The van der Waals surface area contributed by atoms with Gasteiger partial charge in [0.15, 0.2) is 11.5 Å². The molecule has 0 aromatic heterocycles. The molecular weight excluding hydrogens is 478 g/mol. The van der Waals surface area contributed by atoms with E-state index >= 15 is 0 Å². The van der Waals surface area contributed by atoms with Crippen molar-refractivity contribution in [2.24, 2.45) is 0 Å². The first-order valence-corrected chi connectivity index (χ1v) is 11.8. The summed E-state index contributed by atoms with van der Waals surface area (Å²) in [6.07, 6.45) is 0.192. The Labute approximate surface area is 194 Å². The van der Waals surface area contributed by atoms with Crippen LogP contribution in [0, 0.1) is 18.3 Å². The minimum Gasteiger partial charge on any atom is -0.503 e. The number of fused-ring (bicyclic) bond motifs is 1. The maximum absolute atomic E-state index is 13.1. The zero-order chi connectivity index (χ0) is 22.1. The fourth-order valence-corrected chi connectivity index (χ4v) is 5.60. The van der Waals surface area contributed by atoms with E-state index in [0.717, 1.165) is 21.8 Å². The van der Waals surface area contributed by atoms with Gasteiger partial charge in [0.05, 0.1) is 40.3 Å². The summed E-state index contributed by atoms with van der Waals surface area (Å²) in [5.41, 5.74) is 3.59. The summed E-state index contributed by atoms with van der Waals surface area (Å²) < 4.78 is 6.02. The molecule has 1 saturated heterocycles. The molecule has 160 valence electrons. The predicted octanol–water partition coefficient (Wildman–Crippen LogP) is 5.08. The second-order valence-corrected chi connectivity index (χ2v) is 9.22. The number of aromatic hydroxyl groups is 1. The van der Waals surface area contributed by atoms with E-state index in [1.54, 1.807) is 17.0 Å².